The van der Waals surface area contributed by atoms with E-state index in [4.69, 9.17) is 16.3 Å². The zero-order chi connectivity index (χ0) is 24.9. The molecule has 0 spiro atoms. The van der Waals surface area contributed by atoms with E-state index >= 15 is 0 Å². The van der Waals surface area contributed by atoms with Crippen molar-refractivity contribution in [3.8, 4) is 5.75 Å². The molecule has 3 amide bonds. The molecule has 0 radical (unpaired) electrons. The maximum atomic E-state index is 13.1. The highest BCUT2D eigenvalue weighted by atomic mass is 79.9. The Bertz CT molecular complexity index is 1330. The number of rotatable bonds is 7. The van der Waals surface area contributed by atoms with E-state index in [0.717, 1.165) is 26.7 Å². The van der Waals surface area contributed by atoms with Gasteiger partial charge in [0.1, 0.15) is 24.7 Å². The second kappa shape index (κ2) is 11.1. The van der Waals surface area contributed by atoms with Gasteiger partial charge in [-0.05, 0) is 71.9 Å². The second-order valence-corrected chi connectivity index (χ2v) is 9.77. The van der Waals surface area contributed by atoms with E-state index in [0.29, 0.717) is 22.0 Å². The fraction of sp³-hybridized carbons (Fsp3) is 0.0800. The van der Waals surface area contributed by atoms with E-state index in [1.807, 2.05) is 0 Å². The number of benzene rings is 3. The Morgan fingerprint density at radius 1 is 1.11 bits per heavy atom. The Labute approximate surface area is 218 Å². The number of carbonyl (C=O) groups is 3. The minimum absolute atomic E-state index is 0.162. The minimum atomic E-state index is -0.578. The van der Waals surface area contributed by atoms with E-state index in [-0.39, 0.29) is 17.3 Å². The number of hydrogen-bond donors (Lipinski definition) is 1. The summed E-state index contributed by atoms with van der Waals surface area (Å²) in [5.41, 5.74) is 1.80. The van der Waals surface area contributed by atoms with Crippen LogP contribution >= 0.6 is 39.3 Å². The van der Waals surface area contributed by atoms with Gasteiger partial charge in [0.25, 0.3) is 11.1 Å². The van der Waals surface area contributed by atoms with Crippen LogP contribution in [0, 0.1) is 5.82 Å². The first-order chi connectivity index (χ1) is 16.8. The van der Waals surface area contributed by atoms with Crippen molar-refractivity contribution in [1.29, 1.82) is 0 Å². The maximum absolute atomic E-state index is 13.1. The molecule has 1 aliphatic heterocycles. The minimum Gasteiger partial charge on any atom is -0.488 e. The lowest BCUT2D eigenvalue weighted by molar-refractivity contribution is -0.127. The molecule has 1 fully saturated rings. The van der Waals surface area contributed by atoms with Crippen molar-refractivity contribution >= 4 is 68.1 Å². The fourth-order valence-electron chi connectivity index (χ4n) is 3.19. The van der Waals surface area contributed by atoms with Crippen molar-refractivity contribution in [2.75, 3.05) is 11.9 Å². The van der Waals surface area contributed by atoms with E-state index < -0.39 is 23.6 Å². The molecule has 3 aromatic rings. The van der Waals surface area contributed by atoms with Crippen molar-refractivity contribution in [3.63, 3.8) is 0 Å². The average molecular weight is 576 g/mol. The normalized spacial score (nSPS) is 14.5. The number of amides is 3. The lowest BCUT2D eigenvalue weighted by Gasteiger charge is -2.13. The Balaban J connectivity index is 1.48. The summed E-state index contributed by atoms with van der Waals surface area (Å²) < 4.78 is 19.8. The van der Waals surface area contributed by atoms with Gasteiger partial charge in [0.2, 0.25) is 5.91 Å². The van der Waals surface area contributed by atoms with Crippen molar-refractivity contribution in [2.45, 2.75) is 6.61 Å². The molecular formula is C25H17BrClFN2O4S. The largest absolute Gasteiger partial charge is 0.488 e. The molecule has 0 aliphatic carbocycles. The van der Waals surface area contributed by atoms with Crippen molar-refractivity contribution < 1.29 is 23.5 Å². The van der Waals surface area contributed by atoms with Crippen LogP contribution in [-0.4, -0.2) is 28.5 Å². The van der Waals surface area contributed by atoms with E-state index in [1.54, 1.807) is 60.7 Å². The highest BCUT2D eigenvalue weighted by Crippen LogP contribution is 2.35. The van der Waals surface area contributed by atoms with Gasteiger partial charge in [0.15, 0.2) is 0 Å². The summed E-state index contributed by atoms with van der Waals surface area (Å²) in [4.78, 5) is 38.8. The quantitative estimate of drug-likeness (QED) is 0.326. The first-order valence-electron chi connectivity index (χ1n) is 10.3. The van der Waals surface area contributed by atoms with Crippen molar-refractivity contribution in [2.24, 2.45) is 0 Å². The van der Waals surface area contributed by atoms with Crippen LogP contribution in [0.4, 0.5) is 14.9 Å². The summed E-state index contributed by atoms with van der Waals surface area (Å²) in [7, 11) is 0. The van der Waals surface area contributed by atoms with Crippen LogP contribution in [0.5, 0.6) is 5.75 Å². The summed E-state index contributed by atoms with van der Waals surface area (Å²) in [6.07, 6.45) is 1.55. The summed E-state index contributed by atoms with van der Waals surface area (Å²) >= 11 is 10.1. The summed E-state index contributed by atoms with van der Waals surface area (Å²) in [6.45, 7) is -0.241. The number of nitrogens with zero attached hydrogens (tertiary/aromatic N) is 1. The molecule has 178 valence electrons. The Kier molecular flexibility index (Phi) is 7.90. The third-order valence-corrected chi connectivity index (χ3v) is 6.49. The summed E-state index contributed by atoms with van der Waals surface area (Å²) in [5.74, 6) is -0.967. The van der Waals surface area contributed by atoms with Crippen LogP contribution in [0.3, 0.4) is 0 Å². The predicted molar refractivity (Wildman–Crippen MR) is 138 cm³/mol. The molecule has 3 aromatic carbocycles. The van der Waals surface area contributed by atoms with Crippen LogP contribution in [0.15, 0.2) is 76.1 Å². The van der Waals surface area contributed by atoms with Gasteiger partial charge in [-0.15, -0.1) is 0 Å². The van der Waals surface area contributed by atoms with Crippen LogP contribution in [0.1, 0.15) is 11.1 Å². The van der Waals surface area contributed by atoms with Crippen LogP contribution in [0.25, 0.3) is 6.08 Å². The SMILES string of the molecule is O=C(CN1C(=O)S/C(=C\c2cc(Br)ccc2OCc2ccc(F)cc2)C1=O)Nc1cccc(Cl)c1. The average Bonchev–Trinajstić information content (AvgIpc) is 3.07. The number of halogens is 3. The molecular weight excluding hydrogens is 559 g/mol. The molecule has 0 bridgehead atoms. The van der Waals surface area contributed by atoms with Crippen LogP contribution < -0.4 is 10.1 Å². The number of thioether (sulfide) groups is 1. The van der Waals surface area contributed by atoms with Gasteiger partial charge in [-0.1, -0.05) is 45.7 Å². The molecule has 35 heavy (non-hydrogen) atoms. The van der Waals surface area contributed by atoms with Gasteiger partial charge in [-0.2, -0.15) is 0 Å². The Morgan fingerprint density at radius 3 is 2.63 bits per heavy atom. The topological polar surface area (TPSA) is 75.7 Å². The van der Waals surface area contributed by atoms with Gasteiger partial charge in [-0.25, -0.2) is 4.39 Å². The summed E-state index contributed by atoms with van der Waals surface area (Å²) in [6, 6.07) is 17.7. The van der Waals surface area contributed by atoms with E-state index in [9.17, 15) is 18.8 Å². The van der Waals surface area contributed by atoms with E-state index in [2.05, 4.69) is 21.2 Å². The molecule has 1 heterocycles. The number of ether oxygens (including phenoxy) is 1. The molecule has 0 saturated carbocycles. The molecule has 10 heteroatoms. The van der Waals surface area contributed by atoms with E-state index in [1.165, 1.54) is 12.1 Å². The molecule has 0 aromatic heterocycles. The standard InChI is InChI=1S/C25H17BrClFN2O4S/c26-17-6-9-21(34-14-15-4-7-19(28)8-5-15)16(10-17)11-22-24(32)30(25(33)35-22)13-23(31)29-20-3-1-2-18(27)12-20/h1-12H,13-14H2,(H,29,31)/b22-11-. The fourth-order valence-corrected chi connectivity index (χ4v) is 4.59. The number of nitrogens with one attached hydrogen (secondary N) is 1. The number of carbonyl (C=O) groups excluding carboxylic acids is 3. The molecule has 1 aliphatic rings. The van der Waals surface area contributed by atoms with Crippen LogP contribution in [0.2, 0.25) is 5.02 Å². The molecule has 1 saturated heterocycles. The van der Waals surface area contributed by atoms with Crippen LogP contribution in [-0.2, 0) is 16.2 Å². The molecule has 1 N–H and O–H groups in total. The first kappa shape index (κ1) is 25.0. The van der Waals surface area contributed by atoms with Crippen molar-refractivity contribution in [1.82, 2.24) is 4.90 Å². The molecule has 6 nitrogen and oxygen atoms in total. The second-order valence-electron chi connectivity index (χ2n) is 7.42. The monoisotopic (exact) mass is 574 g/mol. The Morgan fingerprint density at radius 2 is 1.89 bits per heavy atom. The van der Waals surface area contributed by atoms with Gasteiger partial charge >= 0.3 is 0 Å². The van der Waals surface area contributed by atoms with Gasteiger partial charge in [-0.3, -0.25) is 19.3 Å². The third-order valence-electron chi connectivity index (χ3n) is 4.85. The van der Waals surface area contributed by atoms with Crippen molar-refractivity contribution in [3.05, 3.63) is 98.1 Å². The smallest absolute Gasteiger partial charge is 0.294 e. The number of hydrogen-bond acceptors (Lipinski definition) is 5. The lowest BCUT2D eigenvalue weighted by Crippen LogP contribution is -2.36. The zero-order valence-electron chi connectivity index (χ0n) is 18.0. The first-order valence-corrected chi connectivity index (χ1v) is 12.2. The summed E-state index contributed by atoms with van der Waals surface area (Å²) in [5, 5.41) is 2.52. The number of anilines is 1. The predicted octanol–water partition coefficient (Wildman–Crippen LogP) is 6.50. The van der Waals surface area contributed by atoms with Gasteiger partial charge in [0.05, 0.1) is 4.91 Å². The zero-order valence-corrected chi connectivity index (χ0v) is 21.1. The maximum Gasteiger partial charge on any atom is 0.294 e. The number of imide groups is 1. The lowest BCUT2D eigenvalue weighted by atomic mass is 10.1. The molecule has 0 atom stereocenters. The highest BCUT2D eigenvalue weighted by molar-refractivity contribution is 9.10. The van der Waals surface area contributed by atoms with Gasteiger partial charge in [0, 0.05) is 20.7 Å². The highest BCUT2D eigenvalue weighted by Gasteiger charge is 2.36. The van der Waals surface area contributed by atoms with Gasteiger partial charge < -0.3 is 10.1 Å². The third kappa shape index (κ3) is 6.50. The molecule has 0 unspecified atom stereocenters. The molecule has 4 rings (SSSR count). The Hall–Kier alpha value is -3.14.